The van der Waals surface area contributed by atoms with Crippen LogP contribution in [-0.4, -0.2) is 24.5 Å². The number of hydrogen-bond acceptors (Lipinski definition) is 4. The first-order valence-corrected chi connectivity index (χ1v) is 7.58. The molecule has 24 heavy (non-hydrogen) atoms. The van der Waals surface area contributed by atoms with Crippen LogP contribution in [0.3, 0.4) is 0 Å². The van der Waals surface area contributed by atoms with E-state index in [1.165, 1.54) is 6.33 Å². The van der Waals surface area contributed by atoms with Crippen LogP contribution < -0.4 is 0 Å². The summed E-state index contributed by atoms with van der Waals surface area (Å²) in [6.45, 7) is 1.98. The molecule has 1 N–H and O–H groups in total. The molecule has 0 bridgehead atoms. The van der Waals surface area contributed by atoms with Gasteiger partial charge < -0.3 is 9.55 Å². The Labute approximate surface area is 142 Å². The second-order valence-corrected chi connectivity index (χ2v) is 5.79. The van der Waals surface area contributed by atoms with Gasteiger partial charge in [-0.1, -0.05) is 17.7 Å². The summed E-state index contributed by atoms with van der Waals surface area (Å²) in [6, 6.07) is 9.60. The second-order valence-electron chi connectivity index (χ2n) is 5.35. The topological polar surface area (TPSA) is 83.2 Å². The van der Waals surface area contributed by atoms with Crippen molar-refractivity contribution in [1.29, 1.82) is 5.26 Å². The number of rotatable bonds is 2. The molecule has 6 nitrogen and oxygen atoms in total. The number of halogens is 1. The molecule has 0 atom stereocenters. The van der Waals surface area contributed by atoms with Crippen molar-refractivity contribution in [2.45, 2.75) is 6.92 Å². The molecule has 0 saturated heterocycles. The summed E-state index contributed by atoms with van der Waals surface area (Å²) in [6.07, 6.45) is 4.92. The molecular formula is C17H11ClN6. The van der Waals surface area contributed by atoms with E-state index in [0.29, 0.717) is 27.6 Å². The number of nitrogens with one attached hydrogen (secondary N) is 1. The van der Waals surface area contributed by atoms with E-state index in [0.717, 1.165) is 16.8 Å². The minimum atomic E-state index is 0.498. The van der Waals surface area contributed by atoms with E-state index in [2.05, 4.69) is 26.0 Å². The van der Waals surface area contributed by atoms with E-state index in [1.54, 1.807) is 12.4 Å². The number of aromatic nitrogens is 5. The van der Waals surface area contributed by atoms with Crippen LogP contribution in [0.2, 0.25) is 5.02 Å². The van der Waals surface area contributed by atoms with Crippen molar-refractivity contribution in [2.75, 3.05) is 0 Å². The van der Waals surface area contributed by atoms with E-state index in [9.17, 15) is 5.26 Å². The molecule has 0 spiro atoms. The molecule has 7 heteroatoms. The van der Waals surface area contributed by atoms with Gasteiger partial charge in [-0.15, -0.1) is 0 Å². The Balaban J connectivity index is 1.95. The molecule has 0 aliphatic carbocycles. The van der Waals surface area contributed by atoms with E-state index in [-0.39, 0.29) is 0 Å². The zero-order valence-corrected chi connectivity index (χ0v) is 13.4. The van der Waals surface area contributed by atoms with Gasteiger partial charge in [-0.2, -0.15) is 5.26 Å². The van der Waals surface area contributed by atoms with E-state index in [4.69, 9.17) is 11.6 Å². The number of aromatic amines is 1. The number of aryl methyl sites for hydroxylation is 1. The molecule has 0 aliphatic rings. The zero-order valence-electron chi connectivity index (χ0n) is 12.7. The molecule has 0 aliphatic heterocycles. The van der Waals surface area contributed by atoms with Gasteiger partial charge in [0.25, 0.3) is 0 Å². The summed E-state index contributed by atoms with van der Waals surface area (Å²) in [5.74, 6) is 0. The molecule has 3 aromatic heterocycles. The van der Waals surface area contributed by atoms with Gasteiger partial charge in [0, 0.05) is 16.8 Å². The normalized spacial score (nSPS) is 10.9. The fourth-order valence-corrected chi connectivity index (χ4v) is 2.86. The highest BCUT2D eigenvalue weighted by Crippen LogP contribution is 2.28. The van der Waals surface area contributed by atoms with Crippen molar-refractivity contribution in [2.24, 2.45) is 0 Å². The largest absolute Gasteiger partial charge is 0.329 e. The van der Waals surface area contributed by atoms with Gasteiger partial charge in [0.1, 0.15) is 29.3 Å². The van der Waals surface area contributed by atoms with Crippen molar-refractivity contribution in [3.63, 3.8) is 0 Å². The summed E-state index contributed by atoms with van der Waals surface area (Å²) in [7, 11) is 0. The van der Waals surface area contributed by atoms with Crippen molar-refractivity contribution >= 4 is 22.8 Å². The van der Waals surface area contributed by atoms with Gasteiger partial charge >= 0.3 is 0 Å². The maximum Gasteiger partial charge on any atom is 0.161 e. The van der Waals surface area contributed by atoms with Gasteiger partial charge in [0.15, 0.2) is 5.65 Å². The first kappa shape index (κ1) is 14.4. The third-order valence-electron chi connectivity index (χ3n) is 3.86. The highest BCUT2D eigenvalue weighted by Gasteiger charge is 2.15. The van der Waals surface area contributed by atoms with Crippen LogP contribution in [-0.2, 0) is 0 Å². The Bertz CT molecular complexity index is 1100. The van der Waals surface area contributed by atoms with Crippen molar-refractivity contribution in [3.05, 3.63) is 59.4 Å². The molecule has 0 saturated carbocycles. The SMILES string of the molecule is Cc1ccc(Cl)cc1-n1cc(-c2ncnc3[nH]cnc23)cc1C#N. The molecular weight excluding hydrogens is 324 g/mol. The molecule has 4 aromatic rings. The number of hydrogen-bond donors (Lipinski definition) is 1. The molecule has 0 radical (unpaired) electrons. The smallest absolute Gasteiger partial charge is 0.161 e. The van der Waals surface area contributed by atoms with Crippen molar-refractivity contribution < 1.29 is 0 Å². The first-order chi connectivity index (χ1) is 11.7. The molecule has 0 unspecified atom stereocenters. The highest BCUT2D eigenvalue weighted by atomic mass is 35.5. The monoisotopic (exact) mass is 334 g/mol. The predicted octanol–water partition coefficient (Wildman–Crippen LogP) is 3.64. The van der Waals surface area contributed by atoms with Crippen LogP contribution in [0, 0.1) is 18.3 Å². The molecule has 0 fully saturated rings. The zero-order chi connectivity index (χ0) is 16.7. The predicted molar refractivity (Wildman–Crippen MR) is 90.9 cm³/mol. The quantitative estimate of drug-likeness (QED) is 0.606. The molecule has 116 valence electrons. The van der Waals surface area contributed by atoms with Gasteiger partial charge in [-0.3, -0.25) is 0 Å². The first-order valence-electron chi connectivity index (χ1n) is 7.21. The van der Waals surface area contributed by atoms with Crippen LogP contribution in [0.5, 0.6) is 0 Å². The van der Waals surface area contributed by atoms with Crippen LogP contribution in [0.4, 0.5) is 0 Å². The summed E-state index contributed by atoms with van der Waals surface area (Å²) in [5.41, 5.74) is 5.18. The molecule has 0 amide bonds. The standard InChI is InChI=1S/C17H11ClN6/c1-10-2-3-12(18)5-14(10)24-7-11(4-13(24)6-19)15-16-17(22-8-20-15)23-9-21-16/h2-5,7-9H,1H3,(H,20,21,22,23). The van der Waals surface area contributed by atoms with Crippen LogP contribution in [0.1, 0.15) is 11.3 Å². The van der Waals surface area contributed by atoms with E-state index in [1.807, 2.05) is 35.9 Å². The Kier molecular flexibility index (Phi) is 3.29. The number of H-pyrrole nitrogens is 1. The lowest BCUT2D eigenvalue weighted by Gasteiger charge is -2.09. The van der Waals surface area contributed by atoms with Gasteiger partial charge in [-0.05, 0) is 30.7 Å². The molecule has 1 aromatic carbocycles. The Morgan fingerprint density at radius 2 is 2.08 bits per heavy atom. The Morgan fingerprint density at radius 3 is 2.92 bits per heavy atom. The van der Waals surface area contributed by atoms with E-state index < -0.39 is 0 Å². The van der Waals surface area contributed by atoms with Crippen molar-refractivity contribution in [3.8, 4) is 23.0 Å². The average Bonchev–Trinajstić information content (AvgIpc) is 3.23. The van der Waals surface area contributed by atoms with Crippen LogP contribution in [0.25, 0.3) is 28.1 Å². The lowest BCUT2D eigenvalue weighted by Crippen LogP contribution is -1.98. The third kappa shape index (κ3) is 2.23. The maximum atomic E-state index is 9.52. The van der Waals surface area contributed by atoms with Crippen molar-refractivity contribution in [1.82, 2.24) is 24.5 Å². The van der Waals surface area contributed by atoms with Gasteiger partial charge in [0.05, 0.1) is 12.0 Å². The summed E-state index contributed by atoms with van der Waals surface area (Å²) >= 11 is 6.12. The molecule has 3 heterocycles. The summed E-state index contributed by atoms with van der Waals surface area (Å²) in [4.78, 5) is 15.7. The number of nitriles is 1. The van der Waals surface area contributed by atoms with E-state index >= 15 is 0 Å². The summed E-state index contributed by atoms with van der Waals surface area (Å²) < 4.78 is 1.82. The molecule has 4 rings (SSSR count). The van der Waals surface area contributed by atoms with Crippen LogP contribution >= 0.6 is 11.6 Å². The average molecular weight is 335 g/mol. The van der Waals surface area contributed by atoms with Gasteiger partial charge in [0.2, 0.25) is 0 Å². The minimum Gasteiger partial charge on any atom is -0.329 e. The number of fused-ring (bicyclic) bond motifs is 1. The van der Waals surface area contributed by atoms with Gasteiger partial charge in [-0.25, -0.2) is 15.0 Å². The fourth-order valence-electron chi connectivity index (χ4n) is 2.70. The second kappa shape index (κ2) is 5.48. The minimum absolute atomic E-state index is 0.498. The Morgan fingerprint density at radius 1 is 1.21 bits per heavy atom. The lowest BCUT2D eigenvalue weighted by molar-refractivity contribution is 1.03. The number of imidazole rings is 1. The Hall–Kier alpha value is -3.17. The van der Waals surface area contributed by atoms with Crippen LogP contribution in [0.15, 0.2) is 43.1 Å². The maximum absolute atomic E-state index is 9.52. The lowest BCUT2D eigenvalue weighted by atomic mass is 10.2. The highest BCUT2D eigenvalue weighted by molar-refractivity contribution is 6.30. The number of benzene rings is 1. The third-order valence-corrected chi connectivity index (χ3v) is 4.09. The fraction of sp³-hybridized carbons (Fsp3) is 0.0588. The summed E-state index contributed by atoms with van der Waals surface area (Å²) in [5, 5.41) is 10.1. The number of nitrogens with zero attached hydrogens (tertiary/aromatic N) is 5.